The predicted molar refractivity (Wildman–Crippen MR) is 45.2 cm³/mol. The first kappa shape index (κ1) is 9.07. The number of aromatic nitrogens is 1. The number of nitrogens with zero attached hydrogens (tertiary/aromatic N) is 1. The molecule has 0 atom stereocenters. The number of pyridine rings is 1. The van der Waals surface area contributed by atoms with Gasteiger partial charge in [-0.1, -0.05) is 34.8 Å². The molecule has 0 aromatic carbocycles. The van der Waals surface area contributed by atoms with E-state index >= 15 is 0 Å². The van der Waals surface area contributed by atoms with Crippen molar-refractivity contribution in [2.75, 3.05) is 0 Å². The van der Waals surface area contributed by atoms with Crippen LogP contribution in [-0.4, -0.2) is 10.1 Å². The Bertz CT molecular complexity index is 277. The quantitative estimate of drug-likeness (QED) is 0.726. The molecule has 1 heterocycles. The molecule has 1 aromatic heterocycles. The summed E-state index contributed by atoms with van der Waals surface area (Å²) in [6, 6.07) is 1.49. The molecule has 1 N–H and O–H groups in total. The second-order valence-corrected chi connectivity index (χ2v) is 2.99. The summed E-state index contributed by atoms with van der Waals surface area (Å²) in [5.41, 5.74) is 0.473. The minimum Gasteiger partial charge on any atom is -0.392 e. The van der Waals surface area contributed by atoms with Crippen LogP contribution in [0, 0.1) is 0 Å². The maximum atomic E-state index is 8.71. The molecule has 0 amide bonds. The maximum Gasteiger partial charge on any atom is 0.149 e. The number of hydrogen-bond donors (Lipinski definition) is 1. The lowest BCUT2D eigenvalue weighted by Crippen LogP contribution is -1.89. The molecule has 1 aromatic rings. The molecule has 0 radical (unpaired) electrons. The van der Waals surface area contributed by atoms with Crippen molar-refractivity contribution in [3.63, 3.8) is 0 Å². The summed E-state index contributed by atoms with van der Waals surface area (Å²) in [6.45, 7) is -0.192. The van der Waals surface area contributed by atoms with Crippen molar-refractivity contribution in [2.24, 2.45) is 0 Å². The fourth-order valence-corrected chi connectivity index (χ4v) is 1.15. The van der Waals surface area contributed by atoms with Crippen molar-refractivity contribution >= 4 is 34.8 Å². The van der Waals surface area contributed by atoms with Crippen LogP contribution in [0.1, 0.15) is 5.56 Å². The van der Waals surface area contributed by atoms with Gasteiger partial charge in [0.1, 0.15) is 10.3 Å². The number of aliphatic hydroxyl groups excluding tert-OH is 1. The van der Waals surface area contributed by atoms with E-state index in [0.717, 1.165) is 0 Å². The zero-order chi connectivity index (χ0) is 8.43. The summed E-state index contributed by atoms with van der Waals surface area (Å²) >= 11 is 16.7. The number of rotatable bonds is 1. The largest absolute Gasteiger partial charge is 0.392 e. The van der Waals surface area contributed by atoms with Crippen LogP contribution in [0.3, 0.4) is 0 Å². The minimum absolute atomic E-state index is 0.147. The van der Waals surface area contributed by atoms with Gasteiger partial charge < -0.3 is 5.11 Å². The first-order chi connectivity index (χ1) is 5.15. The molecule has 1 rings (SSSR count). The van der Waals surface area contributed by atoms with E-state index < -0.39 is 0 Å². The van der Waals surface area contributed by atoms with Gasteiger partial charge in [0.15, 0.2) is 0 Å². The fourth-order valence-electron chi connectivity index (χ4n) is 0.594. The number of hydrogen-bond acceptors (Lipinski definition) is 2. The molecule has 0 spiro atoms. The second-order valence-electron chi connectivity index (χ2n) is 1.87. The predicted octanol–water partition coefficient (Wildman–Crippen LogP) is 2.53. The molecule has 60 valence electrons. The molecular formula is C6H4Cl3NO. The summed E-state index contributed by atoms with van der Waals surface area (Å²) in [5, 5.41) is 9.33. The van der Waals surface area contributed by atoms with Gasteiger partial charge in [-0.25, -0.2) is 4.98 Å². The standard InChI is InChI=1S/C6H4Cl3NO/c7-4-1-3(2-11)5(8)10-6(4)9/h1,11H,2H2. The summed E-state index contributed by atoms with van der Waals surface area (Å²) in [4.78, 5) is 3.68. The van der Waals surface area contributed by atoms with Crippen LogP contribution >= 0.6 is 34.8 Å². The fraction of sp³-hybridized carbons (Fsp3) is 0.167. The summed E-state index contributed by atoms with van der Waals surface area (Å²) in [6.07, 6.45) is 0. The third-order valence-electron chi connectivity index (χ3n) is 1.13. The van der Waals surface area contributed by atoms with Gasteiger partial charge in [-0.3, -0.25) is 0 Å². The van der Waals surface area contributed by atoms with E-state index in [1.54, 1.807) is 0 Å². The van der Waals surface area contributed by atoms with Crippen molar-refractivity contribution < 1.29 is 5.11 Å². The van der Waals surface area contributed by atoms with Crippen molar-refractivity contribution in [1.82, 2.24) is 4.98 Å². The van der Waals surface area contributed by atoms with Crippen LogP contribution in [0.25, 0.3) is 0 Å². The third kappa shape index (κ3) is 1.97. The zero-order valence-corrected chi connectivity index (χ0v) is 7.58. The Balaban J connectivity index is 3.21. The molecule has 5 heteroatoms. The normalized spacial score (nSPS) is 10.2. The van der Waals surface area contributed by atoms with E-state index in [9.17, 15) is 0 Å². The third-order valence-corrected chi connectivity index (χ3v) is 2.13. The van der Waals surface area contributed by atoms with Crippen LogP contribution in [0.15, 0.2) is 6.07 Å². The first-order valence-corrected chi connectivity index (χ1v) is 3.90. The lowest BCUT2D eigenvalue weighted by molar-refractivity contribution is 0.281. The van der Waals surface area contributed by atoms with Gasteiger partial charge in [0.05, 0.1) is 11.6 Å². The van der Waals surface area contributed by atoms with Crippen molar-refractivity contribution in [1.29, 1.82) is 0 Å². The molecule has 11 heavy (non-hydrogen) atoms. The maximum absolute atomic E-state index is 8.71. The Morgan fingerprint density at radius 1 is 1.27 bits per heavy atom. The highest BCUT2D eigenvalue weighted by atomic mass is 35.5. The van der Waals surface area contributed by atoms with E-state index in [1.807, 2.05) is 0 Å². The van der Waals surface area contributed by atoms with E-state index in [1.165, 1.54) is 6.07 Å². The highest BCUT2D eigenvalue weighted by molar-refractivity contribution is 6.42. The molecule has 0 aliphatic rings. The highest BCUT2D eigenvalue weighted by Crippen LogP contribution is 2.24. The highest BCUT2D eigenvalue weighted by Gasteiger charge is 2.05. The molecule has 0 aliphatic heterocycles. The van der Waals surface area contributed by atoms with Crippen molar-refractivity contribution in [3.8, 4) is 0 Å². The van der Waals surface area contributed by atoms with Gasteiger partial charge in [-0.15, -0.1) is 0 Å². The average molecular weight is 212 g/mol. The van der Waals surface area contributed by atoms with E-state index in [-0.39, 0.29) is 16.9 Å². The number of aliphatic hydroxyl groups is 1. The van der Waals surface area contributed by atoms with Gasteiger partial charge in [-0.2, -0.15) is 0 Å². The Morgan fingerprint density at radius 2 is 1.91 bits per heavy atom. The summed E-state index contributed by atoms with van der Waals surface area (Å²) in [7, 11) is 0. The van der Waals surface area contributed by atoms with Crippen LogP contribution in [0.2, 0.25) is 15.3 Å². The van der Waals surface area contributed by atoms with Crippen molar-refractivity contribution in [3.05, 3.63) is 27.0 Å². The number of halogens is 3. The van der Waals surface area contributed by atoms with Crippen LogP contribution in [0.4, 0.5) is 0 Å². The Morgan fingerprint density at radius 3 is 2.45 bits per heavy atom. The molecule has 2 nitrogen and oxygen atoms in total. The van der Waals surface area contributed by atoms with Gasteiger partial charge in [0.2, 0.25) is 0 Å². The van der Waals surface area contributed by atoms with Gasteiger partial charge in [-0.05, 0) is 6.07 Å². The van der Waals surface area contributed by atoms with Crippen LogP contribution < -0.4 is 0 Å². The molecule has 0 saturated heterocycles. The monoisotopic (exact) mass is 211 g/mol. The molecule has 0 fully saturated rings. The Kier molecular flexibility index (Phi) is 2.96. The van der Waals surface area contributed by atoms with Crippen molar-refractivity contribution in [2.45, 2.75) is 6.61 Å². The SMILES string of the molecule is OCc1cc(Cl)c(Cl)nc1Cl. The van der Waals surface area contributed by atoms with Crippen LogP contribution in [-0.2, 0) is 6.61 Å². The van der Waals surface area contributed by atoms with E-state index in [2.05, 4.69) is 4.98 Å². The first-order valence-electron chi connectivity index (χ1n) is 2.76. The molecule has 0 unspecified atom stereocenters. The lowest BCUT2D eigenvalue weighted by Gasteiger charge is -2.00. The Labute approximate surface area is 78.7 Å². The smallest absolute Gasteiger partial charge is 0.149 e. The van der Waals surface area contributed by atoms with E-state index in [4.69, 9.17) is 39.9 Å². The molecule has 0 bridgehead atoms. The molecular weight excluding hydrogens is 208 g/mol. The Hall–Kier alpha value is -0.0200. The van der Waals surface area contributed by atoms with Gasteiger partial charge in [0, 0.05) is 5.56 Å². The summed E-state index contributed by atoms with van der Waals surface area (Å²) in [5.74, 6) is 0. The van der Waals surface area contributed by atoms with Gasteiger partial charge >= 0.3 is 0 Å². The second kappa shape index (κ2) is 3.59. The summed E-state index contributed by atoms with van der Waals surface area (Å²) < 4.78 is 0. The van der Waals surface area contributed by atoms with E-state index in [0.29, 0.717) is 10.6 Å². The average Bonchev–Trinajstić information content (AvgIpc) is 1.97. The van der Waals surface area contributed by atoms with Crippen LogP contribution in [0.5, 0.6) is 0 Å². The molecule has 0 saturated carbocycles. The minimum atomic E-state index is -0.192. The topological polar surface area (TPSA) is 33.1 Å². The lowest BCUT2D eigenvalue weighted by atomic mass is 10.3. The molecule has 0 aliphatic carbocycles. The zero-order valence-electron chi connectivity index (χ0n) is 5.31. The van der Waals surface area contributed by atoms with Gasteiger partial charge in [0.25, 0.3) is 0 Å².